The van der Waals surface area contributed by atoms with Gasteiger partial charge in [0.15, 0.2) is 0 Å². The minimum Gasteiger partial charge on any atom is -0.481 e. The molecule has 1 aliphatic heterocycles. The Labute approximate surface area is 209 Å². The number of fused-ring (bicyclic) bond motifs is 3. The van der Waals surface area contributed by atoms with Gasteiger partial charge in [0.25, 0.3) is 0 Å². The van der Waals surface area contributed by atoms with Crippen LogP contribution in [0.4, 0.5) is 0 Å². The summed E-state index contributed by atoms with van der Waals surface area (Å²) in [6.07, 6.45) is 10.9. The molecule has 194 valence electrons. The van der Waals surface area contributed by atoms with Gasteiger partial charge in [0.05, 0.1) is 11.2 Å². The second kappa shape index (κ2) is 8.35. The quantitative estimate of drug-likeness (QED) is 0.396. The highest BCUT2D eigenvalue weighted by atomic mass is 16.5. The Morgan fingerprint density at radius 3 is 2.15 bits per heavy atom. The Kier molecular flexibility index (Phi) is 6.45. The van der Waals surface area contributed by atoms with E-state index in [1.165, 1.54) is 50.5 Å². The Hall–Kier alpha value is -0.830. The zero-order valence-electron chi connectivity index (χ0n) is 23.4. The molecular formula is C31H52O3. The summed E-state index contributed by atoms with van der Waals surface area (Å²) in [7, 11) is 0. The van der Waals surface area contributed by atoms with Crippen LogP contribution in [0.5, 0.6) is 0 Å². The molecule has 3 aliphatic carbocycles. The third kappa shape index (κ3) is 3.65. The van der Waals surface area contributed by atoms with Crippen molar-refractivity contribution in [2.75, 3.05) is 0 Å². The van der Waals surface area contributed by atoms with E-state index in [2.05, 4.69) is 62.0 Å². The van der Waals surface area contributed by atoms with Crippen molar-refractivity contribution in [1.29, 1.82) is 0 Å². The lowest BCUT2D eigenvalue weighted by Crippen LogP contribution is -2.60. The van der Waals surface area contributed by atoms with Crippen LogP contribution in [-0.2, 0) is 9.53 Å². The highest BCUT2D eigenvalue weighted by Gasteiger charge is 2.68. The molecule has 0 amide bonds. The molecule has 1 saturated heterocycles. The molecule has 0 aromatic carbocycles. The maximum atomic E-state index is 11.6. The van der Waals surface area contributed by atoms with Gasteiger partial charge in [-0.3, -0.25) is 4.79 Å². The van der Waals surface area contributed by atoms with E-state index in [-0.39, 0.29) is 28.5 Å². The molecular weight excluding hydrogens is 420 g/mol. The number of hydrogen-bond donors (Lipinski definition) is 1. The first-order chi connectivity index (χ1) is 15.6. The average molecular weight is 473 g/mol. The van der Waals surface area contributed by atoms with Crippen LogP contribution in [0, 0.1) is 45.8 Å². The van der Waals surface area contributed by atoms with Crippen LogP contribution in [0.2, 0.25) is 0 Å². The Morgan fingerprint density at radius 1 is 0.941 bits per heavy atom. The Balaban J connectivity index is 1.66. The van der Waals surface area contributed by atoms with E-state index < -0.39 is 5.97 Å². The van der Waals surface area contributed by atoms with Crippen molar-refractivity contribution >= 4 is 5.97 Å². The molecule has 4 rings (SSSR count). The number of ether oxygens (including phenoxy) is 1. The average Bonchev–Trinajstić information content (AvgIpc) is 3.26. The van der Waals surface area contributed by atoms with Gasteiger partial charge in [-0.25, -0.2) is 0 Å². The summed E-state index contributed by atoms with van der Waals surface area (Å²) in [6.45, 7) is 23.6. The molecule has 4 fully saturated rings. The summed E-state index contributed by atoms with van der Waals surface area (Å²) in [6, 6.07) is 0. The maximum Gasteiger partial charge on any atom is 0.303 e. The molecule has 1 heterocycles. The molecule has 3 nitrogen and oxygen atoms in total. The predicted octanol–water partition coefficient (Wildman–Crippen LogP) is 8.28. The molecule has 3 heteroatoms. The maximum absolute atomic E-state index is 11.6. The number of allylic oxidation sites excluding steroid dienone is 1. The van der Waals surface area contributed by atoms with Gasteiger partial charge < -0.3 is 9.84 Å². The lowest BCUT2D eigenvalue weighted by molar-refractivity contribution is -0.189. The highest BCUT2D eigenvalue weighted by molar-refractivity contribution is 5.66. The molecule has 0 aromatic heterocycles. The van der Waals surface area contributed by atoms with E-state index in [9.17, 15) is 9.90 Å². The number of hydrogen-bond acceptors (Lipinski definition) is 2. The van der Waals surface area contributed by atoms with Crippen molar-refractivity contribution in [3.8, 4) is 0 Å². The summed E-state index contributed by atoms with van der Waals surface area (Å²) in [5.41, 5.74) is 1.82. The zero-order valence-corrected chi connectivity index (χ0v) is 23.4. The standard InChI is InChI=1S/C31H52O3/c1-20(2)22-12-17-29(7)25(27(22,5)15-14-26(32)33)11-10-23-24(13-16-28(23,29)6)31(9)19-18-30(8,34-31)21(3)4/h21-25H,1,10-19H2,2-9H3,(H,32,33). The molecule has 0 spiro atoms. The van der Waals surface area contributed by atoms with Crippen molar-refractivity contribution in [2.45, 2.75) is 131 Å². The van der Waals surface area contributed by atoms with Gasteiger partial charge in [0.2, 0.25) is 0 Å². The zero-order chi connectivity index (χ0) is 25.3. The van der Waals surface area contributed by atoms with E-state index in [4.69, 9.17) is 4.74 Å². The van der Waals surface area contributed by atoms with Gasteiger partial charge in [0, 0.05) is 6.42 Å². The minimum atomic E-state index is -0.658. The van der Waals surface area contributed by atoms with Crippen LogP contribution in [0.1, 0.15) is 120 Å². The van der Waals surface area contributed by atoms with Crippen LogP contribution in [-0.4, -0.2) is 22.3 Å². The number of aliphatic carboxylic acids is 1. The van der Waals surface area contributed by atoms with Crippen molar-refractivity contribution in [3.05, 3.63) is 12.2 Å². The van der Waals surface area contributed by atoms with Crippen LogP contribution in [0.3, 0.4) is 0 Å². The monoisotopic (exact) mass is 472 g/mol. The molecule has 0 aromatic rings. The fraction of sp³-hybridized carbons (Fsp3) is 0.903. The van der Waals surface area contributed by atoms with Crippen molar-refractivity contribution in [3.63, 3.8) is 0 Å². The Morgan fingerprint density at radius 2 is 1.59 bits per heavy atom. The number of carboxylic acid groups (broad SMARTS) is 1. The van der Waals surface area contributed by atoms with Crippen LogP contribution < -0.4 is 0 Å². The third-order valence-corrected chi connectivity index (χ3v) is 12.7. The summed E-state index contributed by atoms with van der Waals surface area (Å²) in [5.74, 6) is 2.23. The summed E-state index contributed by atoms with van der Waals surface area (Å²) in [4.78, 5) is 11.6. The molecule has 0 bridgehead atoms. The van der Waals surface area contributed by atoms with Gasteiger partial charge in [-0.15, -0.1) is 0 Å². The van der Waals surface area contributed by atoms with Crippen molar-refractivity contribution in [2.24, 2.45) is 45.8 Å². The molecule has 3 saturated carbocycles. The van der Waals surface area contributed by atoms with Crippen LogP contribution in [0.15, 0.2) is 12.2 Å². The van der Waals surface area contributed by atoms with Crippen molar-refractivity contribution < 1.29 is 14.6 Å². The topological polar surface area (TPSA) is 46.5 Å². The van der Waals surface area contributed by atoms with E-state index in [1.807, 2.05) is 0 Å². The molecule has 34 heavy (non-hydrogen) atoms. The highest BCUT2D eigenvalue weighted by Crippen LogP contribution is 2.74. The molecule has 9 unspecified atom stereocenters. The van der Waals surface area contributed by atoms with E-state index in [0.717, 1.165) is 12.8 Å². The molecule has 0 radical (unpaired) electrons. The fourth-order valence-electron chi connectivity index (χ4n) is 10.2. The van der Waals surface area contributed by atoms with E-state index >= 15 is 0 Å². The second-order valence-corrected chi connectivity index (χ2v) is 14.4. The predicted molar refractivity (Wildman–Crippen MR) is 140 cm³/mol. The third-order valence-electron chi connectivity index (χ3n) is 12.7. The van der Waals surface area contributed by atoms with Gasteiger partial charge in [-0.2, -0.15) is 0 Å². The second-order valence-electron chi connectivity index (χ2n) is 14.4. The van der Waals surface area contributed by atoms with Crippen LogP contribution >= 0.6 is 0 Å². The normalized spacial score (nSPS) is 50.7. The van der Waals surface area contributed by atoms with Crippen molar-refractivity contribution in [1.82, 2.24) is 0 Å². The first-order valence-corrected chi connectivity index (χ1v) is 14.2. The summed E-state index contributed by atoms with van der Waals surface area (Å²) in [5, 5.41) is 9.57. The first-order valence-electron chi connectivity index (χ1n) is 14.2. The number of rotatable bonds is 6. The number of carbonyl (C=O) groups is 1. The lowest BCUT2D eigenvalue weighted by atomic mass is 9.38. The van der Waals surface area contributed by atoms with Crippen LogP contribution in [0.25, 0.3) is 0 Å². The minimum absolute atomic E-state index is 0.00377. The van der Waals surface area contributed by atoms with Gasteiger partial charge in [0.1, 0.15) is 0 Å². The van der Waals surface area contributed by atoms with Gasteiger partial charge >= 0.3 is 5.97 Å². The van der Waals surface area contributed by atoms with E-state index in [1.54, 1.807) is 0 Å². The Bertz CT molecular complexity index is 833. The van der Waals surface area contributed by atoms with Gasteiger partial charge in [-0.05, 0) is 124 Å². The molecule has 9 atom stereocenters. The smallest absolute Gasteiger partial charge is 0.303 e. The SMILES string of the molecule is C=C(C)C1CCC2(C)C(CCC3C(C4(C)CCC(C)(C(C)C)O4)CCC32C)C1(C)CCC(=O)O. The van der Waals surface area contributed by atoms with E-state index in [0.29, 0.717) is 35.0 Å². The summed E-state index contributed by atoms with van der Waals surface area (Å²) >= 11 is 0. The molecule has 1 N–H and O–H groups in total. The summed E-state index contributed by atoms with van der Waals surface area (Å²) < 4.78 is 7.02. The largest absolute Gasteiger partial charge is 0.481 e. The van der Waals surface area contributed by atoms with Gasteiger partial charge in [-0.1, -0.05) is 46.8 Å². The lowest BCUT2D eigenvalue weighted by Gasteiger charge is -2.66. The first kappa shape index (κ1) is 26.2. The number of carboxylic acids is 1. The molecule has 4 aliphatic rings. The fourth-order valence-corrected chi connectivity index (χ4v) is 10.2.